The standard InChI is InChI=1S/C14H14N2O2S2/c1-8-4-3-5-10(12(8)13(15)19)16-14(17)11-6-9(18-2)7-20-11/h3-7H,1-2H3,(H2,15,19)(H,16,17). The Morgan fingerprint density at radius 2 is 2.20 bits per heavy atom. The predicted molar refractivity (Wildman–Crippen MR) is 85.9 cm³/mol. The fraction of sp³-hybridized carbons (Fsp3) is 0.143. The van der Waals surface area contributed by atoms with E-state index in [2.05, 4.69) is 5.32 Å². The average molecular weight is 306 g/mol. The molecule has 0 unspecified atom stereocenters. The van der Waals surface area contributed by atoms with Crippen LogP contribution in [0.1, 0.15) is 20.8 Å². The molecule has 1 heterocycles. The van der Waals surface area contributed by atoms with Crippen molar-refractivity contribution in [3.63, 3.8) is 0 Å². The van der Waals surface area contributed by atoms with Crippen molar-refractivity contribution in [2.45, 2.75) is 6.92 Å². The molecule has 2 aromatic rings. The van der Waals surface area contributed by atoms with Gasteiger partial charge in [0.15, 0.2) is 0 Å². The second-order valence-electron chi connectivity index (χ2n) is 4.17. The van der Waals surface area contributed by atoms with Crippen LogP contribution in [0, 0.1) is 6.92 Å². The van der Waals surface area contributed by atoms with Crippen molar-refractivity contribution in [2.24, 2.45) is 5.73 Å². The number of thiophene rings is 1. The zero-order valence-electron chi connectivity index (χ0n) is 11.1. The lowest BCUT2D eigenvalue weighted by molar-refractivity contribution is 0.103. The van der Waals surface area contributed by atoms with Gasteiger partial charge in [-0.25, -0.2) is 0 Å². The minimum Gasteiger partial charge on any atom is -0.496 e. The number of aryl methyl sites for hydroxylation is 1. The molecule has 20 heavy (non-hydrogen) atoms. The third-order valence-electron chi connectivity index (χ3n) is 2.80. The van der Waals surface area contributed by atoms with E-state index in [9.17, 15) is 4.79 Å². The maximum absolute atomic E-state index is 12.2. The molecular formula is C14H14N2O2S2. The molecule has 0 radical (unpaired) electrons. The number of thiocarbonyl (C=S) groups is 1. The largest absolute Gasteiger partial charge is 0.496 e. The van der Waals surface area contributed by atoms with E-state index in [0.29, 0.717) is 21.9 Å². The Bertz CT molecular complexity index is 665. The molecule has 104 valence electrons. The number of benzene rings is 1. The Morgan fingerprint density at radius 1 is 1.45 bits per heavy atom. The van der Waals surface area contributed by atoms with E-state index in [1.165, 1.54) is 11.3 Å². The number of amides is 1. The summed E-state index contributed by atoms with van der Waals surface area (Å²) in [4.78, 5) is 13.0. The highest BCUT2D eigenvalue weighted by atomic mass is 32.1. The van der Waals surface area contributed by atoms with Crippen molar-refractivity contribution in [1.29, 1.82) is 0 Å². The number of ether oxygens (including phenoxy) is 1. The van der Waals surface area contributed by atoms with Gasteiger partial charge in [0.25, 0.3) is 5.91 Å². The Kier molecular flexibility index (Phi) is 4.36. The molecule has 0 saturated heterocycles. The van der Waals surface area contributed by atoms with Crippen LogP contribution in [0.3, 0.4) is 0 Å². The highest BCUT2D eigenvalue weighted by Crippen LogP contribution is 2.24. The van der Waals surface area contributed by atoms with Crippen LogP contribution in [0.25, 0.3) is 0 Å². The maximum atomic E-state index is 12.2. The van der Waals surface area contributed by atoms with Crippen LogP contribution < -0.4 is 15.8 Å². The van der Waals surface area contributed by atoms with E-state index in [1.807, 2.05) is 19.1 Å². The molecule has 0 fully saturated rings. The number of carbonyl (C=O) groups excluding carboxylic acids is 1. The first-order valence-corrected chi connectivity index (χ1v) is 7.15. The SMILES string of the molecule is COc1csc(C(=O)Nc2cccc(C)c2C(N)=S)c1. The van der Waals surface area contributed by atoms with Gasteiger partial charge < -0.3 is 15.8 Å². The number of anilines is 1. The van der Waals surface area contributed by atoms with Crippen molar-refractivity contribution < 1.29 is 9.53 Å². The number of nitrogens with two attached hydrogens (primary N) is 1. The molecule has 2 rings (SSSR count). The first-order chi connectivity index (χ1) is 9.52. The van der Waals surface area contributed by atoms with E-state index in [4.69, 9.17) is 22.7 Å². The number of nitrogens with one attached hydrogen (secondary N) is 1. The summed E-state index contributed by atoms with van der Waals surface area (Å²) in [6, 6.07) is 7.22. The number of carbonyl (C=O) groups is 1. The predicted octanol–water partition coefficient (Wildman–Crippen LogP) is 2.95. The van der Waals surface area contributed by atoms with Gasteiger partial charge in [-0.3, -0.25) is 4.79 Å². The lowest BCUT2D eigenvalue weighted by Crippen LogP contribution is -2.18. The molecular weight excluding hydrogens is 292 g/mol. The smallest absolute Gasteiger partial charge is 0.265 e. The normalized spacial score (nSPS) is 10.1. The molecule has 0 spiro atoms. The summed E-state index contributed by atoms with van der Waals surface area (Å²) in [5.74, 6) is 0.459. The average Bonchev–Trinajstić information content (AvgIpc) is 2.87. The molecule has 0 atom stereocenters. The summed E-state index contributed by atoms with van der Waals surface area (Å²) in [6.07, 6.45) is 0. The van der Waals surface area contributed by atoms with Gasteiger partial charge in [-0.15, -0.1) is 11.3 Å². The fourth-order valence-electron chi connectivity index (χ4n) is 1.83. The van der Waals surface area contributed by atoms with E-state index in [-0.39, 0.29) is 10.9 Å². The van der Waals surface area contributed by atoms with Gasteiger partial charge >= 0.3 is 0 Å². The Labute approximate surface area is 126 Å². The number of hydrogen-bond donors (Lipinski definition) is 2. The van der Waals surface area contributed by atoms with E-state index in [0.717, 1.165) is 5.56 Å². The van der Waals surface area contributed by atoms with Gasteiger partial charge in [-0.1, -0.05) is 24.4 Å². The third kappa shape index (κ3) is 2.97. The fourth-order valence-corrected chi connectivity index (χ4v) is 2.85. The Balaban J connectivity index is 2.28. The first-order valence-electron chi connectivity index (χ1n) is 5.86. The van der Waals surface area contributed by atoms with Gasteiger partial charge in [0.1, 0.15) is 10.7 Å². The monoisotopic (exact) mass is 306 g/mol. The van der Waals surface area contributed by atoms with Gasteiger partial charge in [-0.2, -0.15) is 0 Å². The van der Waals surface area contributed by atoms with Crippen molar-refractivity contribution in [3.8, 4) is 5.75 Å². The highest BCUT2D eigenvalue weighted by Gasteiger charge is 2.14. The Morgan fingerprint density at radius 3 is 2.80 bits per heavy atom. The van der Waals surface area contributed by atoms with Crippen LogP contribution in [-0.2, 0) is 0 Å². The summed E-state index contributed by atoms with van der Waals surface area (Å²) >= 11 is 6.36. The molecule has 4 nitrogen and oxygen atoms in total. The number of hydrogen-bond acceptors (Lipinski definition) is 4. The summed E-state index contributed by atoms with van der Waals surface area (Å²) in [6.45, 7) is 1.90. The van der Waals surface area contributed by atoms with Crippen molar-refractivity contribution in [2.75, 3.05) is 12.4 Å². The van der Waals surface area contributed by atoms with Crippen molar-refractivity contribution in [3.05, 3.63) is 45.6 Å². The van der Waals surface area contributed by atoms with Crippen molar-refractivity contribution >= 4 is 40.1 Å². The number of methoxy groups -OCH3 is 1. The van der Waals surface area contributed by atoms with Crippen LogP contribution in [-0.4, -0.2) is 18.0 Å². The molecule has 0 saturated carbocycles. The Hall–Kier alpha value is -1.92. The van der Waals surface area contributed by atoms with E-state index >= 15 is 0 Å². The summed E-state index contributed by atoms with van der Waals surface area (Å²) < 4.78 is 5.07. The summed E-state index contributed by atoms with van der Waals surface area (Å²) in [7, 11) is 1.56. The quantitative estimate of drug-likeness (QED) is 0.852. The lowest BCUT2D eigenvalue weighted by atomic mass is 10.1. The van der Waals surface area contributed by atoms with Gasteiger partial charge in [0.2, 0.25) is 0 Å². The number of rotatable bonds is 4. The zero-order chi connectivity index (χ0) is 14.7. The van der Waals surface area contributed by atoms with Gasteiger partial charge in [-0.05, 0) is 18.6 Å². The second-order valence-corrected chi connectivity index (χ2v) is 5.52. The lowest BCUT2D eigenvalue weighted by Gasteiger charge is -2.11. The van der Waals surface area contributed by atoms with Gasteiger partial charge in [0, 0.05) is 17.0 Å². The topological polar surface area (TPSA) is 64.3 Å². The van der Waals surface area contributed by atoms with Crippen LogP contribution in [0.5, 0.6) is 5.75 Å². The van der Waals surface area contributed by atoms with Crippen LogP contribution >= 0.6 is 23.6 Å². The molecule has 1 aromatic carbocycles. The summed E-state index contributed by atoms with van der Waals surface area (Å²) in [5, 5.41) is 4.61. The maximum Gasteiger partial charge on any atom is 0.265 e. The van der Waals surface area contributed by atoms with Crippen molar-refractivity contribution in [1.82, 2.24) is 0 Å². The molecule has 0 aliphatic carbocycles. The van der Waals surface area contributed by atoms with Crippen LogP contribution in [0.4, 0.5) is 5.69 Å². The molecule has 1 aromatic heterocycles. The molecule has 6 heteroatoms. The van der Waals surface area contributed by atoms with E-state index < -0.39 is 0 Å². The van der Waals surface area contributed by atoms with Crippen LogP contribution in [0.2, 0.25) is 0 Å². The summed E-state index contributed by atoms with van der Waals surface area (Å²) in [5.41, 5.74) is 7.96. The third-order valence-corrected chi connectivity index (χ3v) is 3.91. The van der Waals surface area contributed by atoms with Gasteiger partial charge in [0.05, 0.1) is 17.7 Å². The minimum absolute atomic E-state index is 0.207. The molecule has 1 amide bonds. The zero-order valence-corrected chi connectivity index (χ0v) is 12.7. The second kappa shape index (κ2) is 6.02. The first kappa shape index (κ1) is 14.5. The molecule has 3 N–H and O–H groups in total. The minimum atomic E-state index is -0.207. The highest BCUT2D eigenvalue weighted by molar-refractivity contribution is 7.80. The van der Waals surface area contributed by atoms with Crippen LogP contribution in [0.15, 0.2) is 29.6 Å². The molecule has 0 aliphatic heterocycles. The molecule has 0 bridgehead atoms. The molecule has 0 aliphatic rings. The van der Waals surface area contributed by atoms with E-state index in [1.54, 1.807) is 24.6 Å².